The molecule has 1 N–H and O–H groups in total. The van der Waals surface area contributed by atoms with Crippen LogP contribution in [0.15, 0.2) is 55.4 Å². The molecule has 114 valence electrons. The third-order valence-corrected chi connectivity index (χ3v) is 4.00. The van der Waals surface area contributed by atoms with Crippen LogP contribution in [0.3, 0.4) is 0 Å². The summed E-state index contributed by atoms with van der Waals surface area (Å²) in [5, 5.41) is 7.26. The van der Waals surface area contributed by atoms with E-state index in [1.807, 2.05) is 12.1 Å². The van der Waals surface area contributed by atoms with Crippen molar-refractivity contribution >= 4 is 11.7 Å². The molecule has 7 nitrogen and oxygen atoms in total. The smallest absolute Gasteiger partial charge is 0.237 e. The Kier molecular flexibility index (Phi) is 3.11. The first-order chi connectivity index (χ1) is 11.3. The zero-order valence-electron chi connectivity index (χ0n) is 12.3. The molecule has 0 atom stereocenters. The first kappa shape index (κ1) is 13.6. The van der Waals surface area contributed by atoms with Gasteiger partial charge in [-0.2, -0.15) is 5.10 Å². The Hall–Kier alpha value is -3.09. The van der Waals surface area contributed by atoms with Gasteiger partial charge in [-0.1, -0.05) is 0 Å². The Bertz CT molecular complexity index is 826. The molecule has 1 fully saturated rings. The van der Waals surface area contributed by atoms with Gasteiger partial charge in [-0.25, -0.2) is 4.68 Å². The van der Waals surface area contributed by atoms with Crippen molar-refractivity contribution in [3.8, 4) is 5.69 Å². The first-order valence-electron chi connectivity index (χ1n) is 7.32. The van der Waals surface area contributed by atoms with Crippen molar-refractivity contribution in [3.63, 3.8) is 0 Å². The Morgan fingerprint density at radius 1 is 1.09 bits per heavy atom. The Labute approximate surface area is 132 Å². The molecule has 0 aromatic carbocycles. The average Bonchev–Trinajstić information content (AvgIpc) is 3.30. The number of hydrogen-bond acceptors (Lipinski definition) is 5. The van der Waals surface area contributed by atoms with E-state index in [9.17, 15) is 4.79 Å². The maximum absolute atomic E-state index is 12.6. The van der Waals surface area contributed by atoms with Crippen LogP contribution in [0, 0.1) is 0 Å². The van der Waals surface area contributed by atoms with Gasteiger partial charge in [0.25, 0.3) is 0 Å². The quantitative estimate of drug-likeness (QED) is 0.793. The van der Waals surface area contributed by atoms with E-state index in [0.717, 1.165) is 18.5 Å². The molecule has 1 aliphatic rings. The van der Waals surface area contributed by atoms with Gasteiger partial charge in [0.1, 0.15) is 0 Å². The van der Waals surface area contributed by atoms with Gasteiger partial charge in [0.05, 0.1) is 16.8 Å². The molecule has 0 aliphatic heterocycles. The van der Waals surface area contributed by atoms with Crippen molar-refractivity contribution in [1.29, 1.82) is 0 Å². The molecule has 1 aliphatic carbocycles. The Balaban J connectivity index is 1.53. The minimum Gasteiger partial charge on any atom is -0.308 e. The highest BCUT2D eigenvalue weighted by molar-refractivity contribution is 6.00. The van der Waals surface area contributed by atoms with Crippen LogP contribution in [-0.4, -0.2) is 30.6 Å². The number of pyridine rings is 1. The summed E-state index contributed by atoms with van der Waals surface area (Å²) in [5.41, 5.74) is 1.04. The normalized spacial score (nSPS) is 15.1. The van der Waals surface area contributed by atoms with Crippen LogP contribution in [0.5, 0.6) is 0 Å². The molecule has 3 heterocycles. The number of carbonyl (C=O) groups is 1. The summed E-state index contributed by atoms with van der Waals surface area (Å²) in [6.07, 6.45) is 11.6. The van der Waals surface area contributed by atoms with E-state index < -0.39 is 5.41 Å². The fourth-order valence-corrected chi connectivity index (χ4v) is 2.54. The van der Waals surface area contributed by atoms with Gasteiger partial charge in [0, 0.05) is 43.2 Å². The SMILES string of the molecule is O=C(Nc1ccn(-c2ccncc2)n1)C1(c2cnccn2)CC1. The van der Waals surface area contributed by atoms with Crippen molar-refractivity contribution in [2.24, 2.45) is 0 Å². The summed E-state index contributed by atoms with van der Waals surface area (Å²) in [6.45, 7) is 0. The van der Waals surface area contributed by atoms with Gasteiger partial charge in [-0.05, 0) is 25.0 Å². The lowest BCUT2D eigenvalue weighted by atomic mass is 10.0. The molecule has 0 saturated heterocycles. The first-order valence-corrected chi connectivity index (χ1v) is 7.32. The summed E-state index contributed by atoms with van der Waals surface area (Å²) in [4.78, 5) is 24.9. The number of nitrogens with zero attached hydrogens (tertiary/aromatic N) is 5. The van der Waals surface area contributed by atoms with Gasteiger partial charge in [0.2, 0.25) is 5.91 Å². The third-order valence-electron chi connectivity index (χ3n) is 4.00. The molecule has 4 rings (SSSR count). The van der Waals surface area contributed by atoms with Crippen molar-refractivity contribution in [2.45, 2.75) is 18.3 Å². The van der Waals surface area contributed by atoms with Crippen LogP contribution in [0.2, 0.25) is 0 Å². The number of anilines is 1. The average molecular weight is 306 g/mol. The van der Waals surface area contributed by atoms with Crippen LogP contribution in [0.25, 0.3) is 5.69 Å². The van der Waals surface area contributed by atoms with E-state index in [4.69, 9.17) is 0 Å². The largest absolute Gasteiger partial charge is 0.308 e. The Morgan fingerprint density at radius 3 is 2.61 bits per heavy atom. The number of rotatable bonds is 4. The highest BCUT2D eigenvalue weighted by atomic mass is 16.2. The number of aromatic nitrogens is 5. The number of amides is 1. The van der Waals surface area contributed by atoms with Gasteiger partial charge in [0.15, 0.2) is 5.82 Å². The summed E-state index contributed by atoms with van der Waals surface area (Å²) >= 11 is 0. The molecule has 3 aromatic rings. The van der Waals surface area contributed by atoms with E-state index in [1.165, 1.54) is 0 Å². The molecule has 23 heavy (non-hydrogen) atoms. The van der Waals surface area contributed by atoms with E-state index in [2.05, 4.69) is 25.4 Å². The number of hydrogen-bond donors (Lipinski definition) is 1. The molecule has 3 aromatic heterocycles. The van der Waals surface area contributed by atoms with Crippen molar-refractivity contribution in [1.82, 2.24) is 24.7 Å². The molecule has 0 unspecified atom stereocenters. The van der Waals surface area contributed by atoms with Crippen LogP contribution in [0.4, 0.5) is 5.82 Å². The predicted molar refractivity (Wildman–Crippen MR) is 82.9 cm³/mol. The molecule has 7 heteroatoms. The second-order valence-electron chi connectivity index (χ2n) is 5.48. The molecule has 0 spiro atoms. The van der Waals surface area contributed by atoms with Crippen molar-refractivity contribution in [3.05, 3.63) is 61.1 Å². The zero-order valence-corrected chi connectivity index (χ0v) is 12.3. The zero-order chi connectivity index (χ0) is 15.7. The second-order valence-corrected chi connectivity index (χ2v) is 5.48. The van der Waals surface area contributed by atoms with E-state index in [1.54, 1.807) is 47.9 Å². The standard InChI is InChI=1S/C16H14N6O/c23-15(16(4-5-16)13-11-18-8-9-19-13)20-14-3-10-22(21-14)12-1-6-17-7-2-12/h1-3,6-11H,4-5H2,(H,20,21,23). The minimum atomic E-state index is -0.561. The number of carbonyl (C=O) groups excluding carboxylic acids is 1. The van der Waals surface area contributed by atoms with Gasteiger partial charge in [-0.3, -0.25) is 19.7 Å². The second kappa shape index (κ2) is 5.28. The third kappa shape index (κ3) is 2.46. The fraction of sp³-hybridized carbons (Fsp3) is 0.188. The lowest BCUT2D eigenvalue weighted by Gasteiger charge is -2.12. The number of nitrogens with one attached hydrogen (secondary N) is 1. The maximum atomic E-state index is 12.6. The molecule has 0 bridgehead atoms. The van der Waals surface area contributed by atoms with E-state index >= 15 is 0 Å². The molecular weight excluding hydrogens is 292 g/mol. The fourth-order valence-electron chi connectivity index (χ4n) is 2.54. The van der Waals surface area contributed by atoms with Gasteiger partial charge < -0.3 is 5.32 Å². The highest BCUT2D eigenvalue weighted by Crippen LogP contribution is 2.47. The lowest BCUT2D eigenvalue weighted by Crippen LogP contribution is -2.29. The topological polar surface area (TPSA) is 85.6 Å². The van der Waals surface area contributed by atoms with Crippen LogP contribution < -0.4 is 5.32 Å². The molecule has 1 amide bonds. The van der Waals surface area contributed by atoms with Gasteiger partial charge >= 0.3 is 0 Å². The van der Waals surface area contributed by atoms with E-state index in [0.29, 0.717) is 11.5 Å². The summed E-state index contributed by atoms with van der Waals surface area (Å²) in [6, 6.07) is 5.46. The summed E-state index contributed by atoms with van der Waals surface area (Å²) in [5.74, 6) is 0.431. The molecule has 0 radical (unpaired) electrons. The lowest BCUT2D eigenvalue weighted by molar-refractivity contribution is -0.118. The molecule has 1 saturated carbocycles. The van der Waals surface area contributed by atoms with Crippen molar-refractivity contribution in [2.75, 3.05) is 5.32 Å². The van der Waals surface area contributed by atoms with Crippen LogP contribution in [0.1, 0.15) is 18.5 Å². The monoisotopic (exact) mass is 306 g/mol. The predicted octanol–water partition coefficient (Wildman–Crippen LogP) is 1.73. The summed E-state index contributed by atoms with van der Waals surface area (Å²) < 4.78 is 1.69. The Morgan fingerprint density at radius 2 is 1.91 bits per heavy atom. The van der Waals surface area contributed by atoms with Gasteiger partial charge in [-0.15, -0.1) is 0 Å². The highest BCUT2D eigenvalue weighted by Gasteiger charge is 2.53. The van der Waals surface area contributed by atoms with Crippen molar-refractivity contribution < 1.29 is 4.79 Å². The van der Waals surface area contributed by atoms with Crippen LogP contribution >= 0.6 is 0 Å². The van der Waals surface area contributed by atoms with Crippen LogP contribution in [-0.2, 0) is 10.2 Å². The summed E-state index contributed by atoms with van der Waals surface area (Å²) in [7, 11) is 0. The minimum absolute atomic E-state index is 0.0852. The molecular formula is C16H14N6O. The van der Waals surface area contributed by atoms with E-state index in [-0.39, 0.29) is 5.91 Å². The maximum Gasteiger partial charge on any atom is 0.237 e.